The van der Waals surface area contributed by atoms with Gasteiger partial charge in [-0.3, -0.25) is 4.90 Å². The molecule has 0 unspecified atom stereocenters. The highest BCUT2D eigenvalue weighted by atomic mass is 35.5. The molecule has 1 aliphatic rings. The first kappa shape index (κ1) is 18.3. The summed E-state index contributed by atoms with van der Waals surface area (Å²) in [7, 11) is -3.60. The molecular formula is C18H20ClFN2O2S. The van der Waals surface area contributed by atoms with Gasteiger partial charge in [-0.15, -0.1) is 0 Å². The van der Waals surface area contributed by atoms with Crippen LogP contribution in [0.1, 0.15) is 11.1 Å². The summed E-state index contributed by atoms with van der Waals surface area (Å²) >= 11 is 5.96. The minimum atomic E-state index is -3.60. The highest BCUT2D eigenvalue weighted by molar-refractivity contribution is 7.88. The lowest BCUT2D eigenvalue weighted by atomic mass is 10.2. The first-order valence-electron chi connectivity index (χ1n) is 8.13. The molecule has 1 fully saturated rings. The molecule has 0 spiro atoms. The fraction of sp³-hybridized carbons (Fsp3) is 0.333. The van der Waals surface area contributed by atoms with Gasteiger partial charge in [-0.25, -0.2) is 12.8 Å². The standard InChI is InChI=1S/C18H20ClFN2O2S/c19-17-7-4-8-18(20)16(17)14-25(23,24)22-11-9-21(10-12-22)13-15-5-2-1-3-6-15/h1-8H,9-14H2. The Morgan fingerprint density at radius 3 is 2.28 bits per heavy atom. The Kier molecular flexibility index (Phi) is 5.74. The van der Waals surface area contributed by atoms with Gasteiger partial charge < -0.3 is 0 Å². The largest absolute Gasteiger partial charge is 0.296 e. The lowest BCUT2D eigenvalue weighted by Crippen LogP contribution is -2.48. The highest BCUT2D eigenvalue weighted by Gasteiger charge is 2.28. The zero-order valence-electron chi connectivity index (χ0n) is 13.7. The van der Waals surface area contributed by atoms with Gasteiger partial charge in [0.05, 0.1) is 5.75 Å². The van der Waals surface area contributed by atoms with Crippen LogP contribution in [-0.4, -0.2) is 43.8 Å². The van der Waals surface area contributed by atoms with Crippen molar-refractivity contribution in [3.8, 4) is 0 Å². The number of nitrogens with zero attached hydrogens (tertiary/aromatic N) is 2. The first-order chi connectivity index (χ1) is 12.0. The quantitative estimate of drug-likeness (QED) is 0.797. The van der Waals surface area contributed by atoms with E-state index in [-0.39, 0.29) is 10.6 Å². The van der Waals surface area contributed by atoms with Crippen LogP contribution in [0.5, 0.6) is 0 Å². The van der Waals surface area contributed by atoms with Crippen LogP contribution >= 0.6 is 11.6 Å². The Hall–Kier alpha value is -1.47. The second-order valence-corrected chi connectivity index (χ2v) is 8.49. The molecule has 0 aromatic heterocycles. The Balaban J connectivity index is 1.62. The molecule has 1 aliphatic heterocycles. The molecule has 0 aliphatic carbocycles. The van der Waals surface area contributed by atoms with Crippen molar-refractivity contribution < 1.29 is 12.8 Å². The number of hydrogen-bond donors (Lipinski definition) is 0. The van der Waals surface area contributed by atoms with E-state index in [2.05, 4.69) is 17.0 Å². The van der Waals surface area contributed by atoms with Gasteiger partial charge in [-0.2, -0.15) is 4.31 Å². The summed E-state index contributed by atoms with van der Waals surface area (Å²) in [6, 6.07) is 14.3. The molecule has 4 nitrogen and oxygen atoms in total. The van der Waals surface area contributed by atoms with E-state index in [9.17, 15) is 12.8 Å². The van der Waals surface area contributed by atoms with Crippen molar-refractivity contribution >= 4 is 21.6 Å². The summed E-state index contributed by atoms with van der Waals surface area (Å²) in [6.07, 6.45) is 0. The second kappa shape index (κ2) is 7.83. The third kappa shape index (κ3) is 4.58. The number of benzene rings is 2. The summed E-state index contributed by atoms with van der Waals surface area (Å²) in [5, 5.41) is 0.145. The van der Waals surface area contributed by atoms with Crippen LogP contribution in [0.3, 0.4) is 0 Å². The molecule has 25 heavy (non-hydrogen) atoms. The molecule has 0 bridgehead atoms. The van der Waals surface area contributed by atoms with E-state index < -0.39 is 21.6 Å². The smallest absolute Gasteiger partial charge is 0.218 e. The molecule has 3 rings (SSSR count). The molecule has 0 atom stereocenters. The minimum absolute atomic E-state index is 0.0379. The van der Waals surface area contributed by atoms with Crippen molar-refractivity contribution in [2.75, 3.05) is 26.2 Å². The SMILES string of the molecule is O=S(=O)(Cc1c(F)cccc1Cl)N1CCN(Cc2ccccc2)CC1. The van der Waals surface area contributed by atoms with Crippen LogP contribution in [-0.2, 0) is 22.3 Å². The van der Waals surface area contributed by atoms with Crippen molar-refractivity contribution in [3.63, 3.8) is 0 Å². The van der Waals surface area contributed by atoms with E-state index in [1.165, 1.54) is 28.1 Å². The lowest BCUT2D eigenvalue weighted by molar-refractivity contribution is 0.181. The number of halogens is 2. The molecule has 1 heterocycles. The Labute approximate surface area is 152 Å². The second-order valence-electron chi connectivity index (χ2n) is 6.12. The molecule has 1 saturated heterocycles. The molecule has 134 valence electrons. The van der Waals surface area contributed by atoms with E-state index in [1.807, 2.05) is 18.2 Å². The van der Waals surface area contributed by atoms with Crippen LogP contribution in [0, 0.1) is 5.82 Å². The normalized spacial score (nSPS) is 16.9. The summed E-state index contributed by atoms with van der Waals surface area (Å²) in [5.74, 6) is -0.990. The molecule has 7 heteroatoms. The van der Waals surface area contributed by atoms with Crippen molar-refractivity contribution in [1.82, 2.24) is 9.21 Å². The Bertz CT molecular complexity index is 802. The van der Waals surface area contributed by atoms with Gasteiger partial charge in [0.15, 0.2) is 0 Å². The van der Waals surface area contributed by atoms with Crippen LogP contribution < -0.4 is 0 Å². The van der Waals surface area contributed by atoms with E-state index in [0.29, 0.717) is 26.2 Å². The minimum Gasteiger partial charge on any atom is -0.296 e. The summed E-state index contributed by atoms with van der Waals surface area (Å²) < 4.78 is 40.5. The van der Waals surface area contributed by atoms with Crippen LogP contribution in [0.15, 0.2) is 48.5 Å². The maximum atomic E-state index is 13.9. The van der Waals surface area contributed by atoms with Gasteiger partial charge >= 0.3 is 0 Å². The van der Waals surface area contributed by atoms with Crippen LogP contribution in [0.2, 0.25) is 5.02 Å². The van der Waals surface area contributed by atoms with Gasteiger partial charge in [0.25, 0.3) is 0 Å². The summed E-state index contributed by atoms with van der Waals surface area (Å²) in [6.45, 7) is 2.91. The molecule has 2 aromatic rings. The van der Waals surface area contributed by atoms with Crippen LogP contribution in [0.25, 0.3) is 0 Å². The Morgan fingerprint density at radius 1 is 0.960 bits per heavy atom. The van der Waals surface area contributed by atoms with E-state index in [4.69, 9.17) is 11.6 Å². The fourth-order valence-corrected chi connectivity index (χ4v) is 4.82. The number of piperazine rings is 1. The van der Waals surface area contributed by atoms with Gasteiger partial charge in [0.2, 0.25) is 10.0 Å². The maximum Gasteiger partial charge on any atom is 0.218 e. The van der Waals surface area contributed by atoms with Gasteiger partial charge in [0.1, 0.15) is 5.82 Å². The summed E-state index contributed by atoms with van der Waals surface area (Å²) in [4.78, 5) is 2.22. The summed E-state index contributed by atoms with van der Waals surface area (Å²) in [5.41, 5.74) is 1.24. The maximum absolute atomic E-state index is 13.9. The third-order valence-corrected chi connectivity index (χ3v) is 6.52. The zero-order valence-corrected chi connectivity index (χ0v) is 15.3. The number of hydrogen-bond acceptors (Lipinski definition) is 3. The predicted molar refractivity (Wildman–Crippen MR) is 97.3 cm³/mol. The average molecular weight is 383 g/mol. The number of rotatable bonds is 5. The monoisotopic (exact) mass is 382 g/mol. The lowest BCUT2D eigenvalue weighted by Gasteiger charge is -2.34. The fourth-order valence-electron chi connectivity index (χ4n) is 2.95. The average Bonchev–Trinajstić information content (AvgIpc) is 2.60. The van der Waals surface area contributed by atoms with Crippen molar-refractivity contribution in [1.29, 1.82) is 0 Å². The van der Waals surface area contributed by atoms with E-state index in [1.54, 1.807) is 0 Å². The van der Waals surface area contributed by atoms with E-state index >= 15 is 0 Å². The molecule has 0 N–H and O–H groups in total. The first-order valence-corrected chi connectivity index (χ1v) is 10.1. The topological polar surface area (TPSA) is 40.6 Å². The molecule has 2 aromatic carbocycles. The van der Waals surface area contributed by atoms with E-state index in [0.717, 1.165) is 6.54 Å². The number of sulfonamides is 1. The van der Waals surface area contributed by atoms with Crippen molar-refractivity contribution in [2.45, 2.75) is 12.3 Å². The molecular weight excluding hydrogens is 363 g/mol. The molecule has 0 amide bonds. The third-order valence-electron chi connectivity index (χ3n) is 4.36. The van der Waals surface area contributed by atoms with Gasteiger partial charge in [-0.1, -0.05) is 48.0 Å². The van der Waals surface area contributed by atoms with Gasteiger partial charge in [0, 0.05) is 43.3 Å². The van der Waals surface area contributed by atoms with Gasteiger partial charge in [-0.05, 0) is 17.7 Å². The predicted octanol–water partition coefficient (Wildman–Crippen LogP) is 3.13. The molecule has 0 radical (unpaired) electrons. The highest BCUT2D eigenvalue weighted by Crippen LogP contribution is 2.23. The van der Waals surface area contributed by atoms with Crippen molar-refractivity contribution in [3.05, 3.63) is 70.5 Å². The zero-order chi connectivity index (χ0) is 17.9. The Morgan fingerprint density at radius 2 is 1.64 bits per heavy atom. The van der Waals surface area contributed by atoms with Crippen LogP contribution in [0.4, 0.5) is 4.39 Å². The molecule has 0 saturated carbocycles. The van der Waals surface area contributed by atoms with Crippen molar-refractivity contribution in [2.24, 2.45) is 0 Å².